The molecule has 0 saturated heterocycles. The summed E-state index contributed by atoms with van der Waals surface area (Å²) in [6, 6.07) is 6.98. The van der Waals surface area contributed by atoms with Crippen molar-refractivity contribution in [1.29, 1.82) is 5.26 Å². The van der Waals surface area contributed by atoms with Gasteiger partial charge in [-0.3, -0.25) is 5.32 Å². The molecule has 1 aliphatic carbocycles. The van der Waals surface area contributed by atoms with Crippen molar-refractivity contribution in [3.63, 3.8) is 0 Å². The Kier molecular flexibility index (Phi) is 5.42. The Balaban J connectivity index is 1.43. The van der Waals surface area contributed by atoms with E-state index >= 15 is 4.39 Å². The second-order valence-electron chi connectivity index (χ2n) is 8.24. The van der Waals surface area contributed by atoms with E-state index in [1.807, 2.05) is 6.92 Å². The molecule has 1 saturated carbocycles. The molecule has 8 nitrogen and oxygen atoms in total. The Labute approximate surface area is 189 Å². The lowest BCUT2D eigenvalue weighted by Gasteiger charge is -2.21. The van der Waals surface area contributed by atoms with E-state index in [9.17, 15) is 4.79 Å². The maximum Gasteiger partial charge on any atom is 0.413 e. The van der Waals surface area contributed by atoms with Gasteiger partial charge in [-0.15, -0.1) is 0 Å². The van der Waals surface area contributed by atoms with Crippen LogP contribution in [0.4, 0.5) is 20.7 Å². The SMILES string of the molecule is Cc1c(-c2cc3cc(NC(=O)OC4CCCC4C#N)ncc3cc2F)cnc2c1NCCO2. The van der Waals surface area contributed by atoms with Crippen LogP contribution in [0.25, 0.3) is 21.9 Å². The highest BCUT2D eigenvalue weighted by atomic mass is 19.1. The lowest BCUT2D eigenvalue weighted by atomic mass is 9.98. The van der Waals surface area contributed by atoms with Crippen molar-refractivity contribution < 1.29 is 18.7 Å². The molecule has 1 aliphatic heterocycles. The van der Waals surface area contributed by atoms with E-state index in [-0.39, 0.29) is 11.7 Å². The molecule has 168 valence electrons. The minimum atomic E-state index is -0.655. The number of carbonyl (C=O) groups is 1. The summed E-state index contributed by atoms with van der Waals surface area (Å²) in [6.07, 6.45) is 4.31. The van der Waals surface area contributed by atoms with E-state index in [4.69, 9.17) is 14.7 Å². The largest absolute Gasteiger partial charge is 0.474 e. The van der Waals surface area contributed by atoms with Crippen molar-refractivity contribution in [3.8, 4) is 23.1 Å². The number of halogens is 1. The van der Waals surface area contributed by atoms with Gasteiger partial charge in [-0.2, -0.15) is 5.26 Å². The van der Waals surface area contributed by atoms with Gasteiger partial charge in [0.1, 0.15) is 30.0 Å². The number of rotatable bonds is 3. The Hall–Kier alpha value is -3.93. The number of anilines is 2. The number of benzene rings is 1. The fourth-order valence-corrected chi connectivity index (χ4v) is 4.42. The summed E-state index contributed by atoms with van der Waals surface area (Å²) >= 11 is 0. The minimum absolute atomic E-state index is 0.279. The Morgan fingerprint density at radius 3 is 2.97 bits per heavy atom. The van der Waals surface area contributed by atoms with Crippen LogP contribution in [0.3, 0.4) is 0 Å². The van der Waals surface area contributed by atoms with Gasteiger partial charge in [0.25, 0.3) is 0 Å². The minimum Gasteiger partial charge on any atom is -0.474 e. The summed E-state index contributed by atoms with van der Waals surface area (Å²) in [5, 5.41) is 16.3. The number of carbonyl (C=O) groups excluding carboxylic acids is 1. The summed E-state index contributed by atoms with van der Waals surface area (Å²) < 4.78 is 26.0. The molecule has 2 atom stereocenters. The van der Waals surface area contributed by atoms with E-state index in [1.54, 1.807) is 18.3 Å². The molecule has 2 aromatic heterocycles. The van der Waals surface area contributed by atoms with Crippen molar-refractivity contribution in [3.05, 3.63) is 42.0 Å². The average Bonchev–Trinajstić information content (AvgIpc) is 3.26. The highest BCUT2D eigenvalue weighted by Gasteiger charge is 2.30. The second-order valence-corrected chi connectivity index (χ2v) is 8.24. The van der Waals surface area contributed by atoms with Crippen molar-refractivity contribution in [2.75, 3.05) is 23.8 Å². The van der Waals surface area contributed by atoms with Crippen molar-refractivity contribution in [2.45, 2.75) is 32.3 Å². The number of ether oxygens (including phenoxy) is 2. The number of hydrogen-bond acceptors (Lipinski definition) is 7. The Morgan fingerprint density at radius 2 is 2.12 bits per heavy atom. The van der Waals surface area contributed by atoms with E-state index in [2.05, 4.69) is 26.7 Å². The average molecular weight is 447 g/mol. The zero-order valence-corrected chi connectivity index (χ0v) is 18.0. The number of amides is 1. The monoisotopic (exact) mass is 447 g/mol. The number of fused-ring (bicyclic) bond motifs is 2. The molecule has 5 rings (SSSR count). The Bertz CT molecular complexity index is 1290. The third-order valence-corrected chi connectivity index (χ3v) is 6.15. The van der Waals surface area contributed by atoms with Gasteiger partial charge in [0.15, 0.2) is 0 Å². The van der Waals surface area contributed by atoms with Gasteiger partial charge in [-0.1, -0.05) is 0 Å². The molecular formula is C24H22FN5O3. The van der Waals surface area contributed by atoms with Gasteiger partial charge in [0.05, 0.1) is 12.0 Å². The summed E-state index contributed by atoms with van der Waals surface area (Å²) in [4.78, 5) is 20.9. The third kappa shape index (κ3) is 4.00. The van der Waals surface area contributed by atoms with Crippen LogP contribution in [0, 0.1) is 30.0 Å². The second kappa shape index (κ2) is 8.54. The molecular weight excluding hydrogens is 425 g/mol. The van der Waals surface area contributed by atoms with Crippen LogP contribution < -0.4 is 15.4 Å². The summed E-state index contributed by atoms with van der Waals surface area (Å²) in [5.74, 6) is 0.125. The fourth-order valence-electron chi connectivity index (χ4n) is 4.42. The molecule has 0 bridgehead atoms. The zero-order chi connectivity index (χ0) is 22.9. The smallest absolute Gasteiger partial charge is 0.413 e. The maximum absolute atomic E-state index is 15.0. The summed E-state index contributed by atoms with van der Waals surface area (Å²) in [7, 11) is 0. The number of nitrogens with zero attached hydrogens (tertiary/aromatic N) is 3. The first-order chi connectivity index (χ1) is 16.0. The molecule has 3 aromatic rings. The van der Waals surface area contributed by atoms with E-state index < -0.39 is 18.0 Å². The van der Waals surface area contributed by atoms with Gasteiger partial charge in [0.2, 0.25) is 5.88 Å². The summed E-state index contributed by atoms with van der Waals surface area (Å²) in [5.41, 5.74) is 2.66. The third-order valence-electron chi connectivity index (χ3n) is 6.15. The lowest BCUT2D eigenvalue weighted by Crippen LogP contribution is -2.25. The van der Waals surface area contributed by atoms with Crippen LogP contribution >= 0.6 is 0 Å². The van der Waals surface area contributed by atoms with Gasteiger partial charge in [-0.05, 0) is 55.3 Å². The predicted octanol–water partition coefficient (Wildman–Crippen LogP) is 4.79. The van der Waals surface area contributed by atoms with Gasteiger partial charge in [0, 0.05) is 35.5 Å². The molecule has 2 aliphatic rings. The first-order valence-electron chi connectivity index (χ1n) is 10.9. The van der Waals surface area contributed by atoms with Crippen LogP contribution in [0.15, 0.2) is 30.6 Å². The fraction of sp³-hybridized carbons (Fsp3) is 0.333. The predicted molar refractivity (Wildman–Crippen MR) is 120 cm³/mol. The molecule has 2 N–H and O–H groups in total. The number of aromatic nitrogens is 2. The highest BCUT2D eigenvalue weighted by Crippen LogP contribution is 2.37. The maximum atomic E-state index is 15.0. The molecule has 3 heterocycles. The van der Waals surface area contributed by atoms with Crippen molar-refractivity contribution >= 4 is 28.4 Å². The normalized spacial score (nSPS) is 19.2. The zero-order valence-electron chi connectivity index (χ0n) is 18.0. The lowest BCUT2D eigenvalue weighted by molar-refractivity contribution is 0.0999. The standard InChI is InChI=1S/C24H22FN5O3/c1-13-18(12-29-23-22(13)27-5-6-32-23)17-7-15-9-21(28-11-16(15)8-19(17)25)30-24(31)33-20-4-2-3-14(20)10-26/h7-9,11-12,14,20,27H,2-6H2,1H3,(H,28,30,31). The topological polar surface area (TPSA) is 109 Å². The molecule has 9 heteroatoms. The number of pyridine rings is 2. The van der Waals surface area contributed by atoms with Gasteiger partial charge in [-0.25, -0.2) is 19.2 Å². The van der Waals surface area contributed by atoms with Gasteiger partial charge >= 0.3 is 6.09 Å². The van der Waals surface area contributed by atoms with Crippen molar-refractivity contribution in [1.82, 2.24) is 9.97 Å². The van der Waals surface area contributed by atoms with Crippen LogP contribution in [0.2, 0.25) is 0 Å². The first-order valence-corrected chi connectivity index (χ1v) is 10.9. The number of nitriles is 1. The Morgan fingerprint density at radius 1 is 1.24 bits per heavy atom. The molecule has 1 aromatic carbocycles. The molecule has 2 unspecified atom stereocenters. The van der Waals surface area contributed by atoms with Crippen LogP contribution in [-0.4, -0.2) is 35.3 Å². The van der Waals surface area contributed by atoms with Gasteiger partial charge < -0.3 is 14.8 Å². The van der Waals surface area contributed by atoms with E-state index in [1.165, 1.54) is 12.3 Å². The van der Waals surface area contributed by atoms with Crippen LogP contribution in [0.5, 0.6) is 5.88 Å². The number of hydrogen-bond donors (Lipinski definition) is 2. The summed E-state index contributed by atoms with van der Waals surface area (Å²) in [6.45, 7) is 3.09. The van der Waals surface area contributed by atoms with Crippen LogP contribution in [0.1, 0.15) is 24.8 Å². The van der Waals surface area contributed by atoms with Crippen LogP contribution in [-0.2, 0) is 4.74 Å². The van der Waals surface area contributed by atoms with E-state index in [0.717, 1.165) is 24.1 Å². The molecule has 0 radical (unpaired) electrons. The van der Waals surface area contributed by atoms with Crippen molar-refractivity contribution in [2.24, 2.45) is 5.92 Å². The quantitative estimate of drug-likeness (QED) is 0.594. The first kappa shape index (κ1) is 20.9. The molecule has 0 spiro atoms. The molecule has 33 heavy (non-hydrogen) atoms. The number of nitrogens with one attached hydrogen (secondary N) is 2. The van der Waals surface area contributed by atoms with E-state index in [0.29, 0.717) is 47.4 Å². The highest BCUT2D eigenvalue weighted by molar-refractivity contribution is 5.92. The molecule has 1 fully saturated rings. The molecule has 1 amide bonds.